The van der Waals surface area contributed by atoms with E-state index >= 15 is 0 Å². The third-order valence-corrected chi connectivity index (χ3v) is 2.04. The molecule has 0 saturated heterocycles. The number of hydrogen-bond donors (Lipinski definition) is 0. The molecule has 0 spiro atoms. The van der Waals surface area contributed by atoms with Crippen LogP contribution in [0.5, 0.6) is 0 Å². The molecule has 0 aliphatic carbocycles. The van der Waals surface area contributed by atoms with Crippen molar-refractivity contribution in [2.45, 2.75) is 20.4 Å². The number of fused-ring (bicyclic) bond motifs is 1. The molecule has 1 radical (unpaired) electrons. The van der Waals surface area contributed by atoms with E-state index in [4.69, 9.17) is 0 Å². The Morgan fingerprint density at radius 3 is 3.00 bits per heavy atom. The molecule has 2 nitrogen and oxygen atoms in total. The van der Waals surface area contributed by atoms with E-state index in [-0.39, 0.29) is 0 Å². The van der Waals surface area contributed by atoms with Crippen LogP contribution >= 0.6 is 0 Å². The van der Waals surface area contributed by atoms with Crippen molar-refractivity contribution in [1.82, 2.24) is 9.55 Å². The third-order valence-electron chi connectivity index (χ3n) is 2.04. The van der Waals surface area contributed by atoms with Gasteiger partial charge in [-0.1, -0.05) is 13.8 Å². The molecule has 0 fully saturated rings. The zero-order chi connectivity index (χ0) is 9.26. The molecular formula is C11H13N2. The second-order valence-electron chi connectivity index (χ2n) is 3.59. The molecule has 13 heavy (non-hydrogen) atoms. The normalized spacial score (nSPS) is 11.3. The molecule has 2 heterocycles. The Hall–Kier alpha value is -1.31. The summed E-state index contributed by atoms with van der Waals surface area (Å²) in [6, 6.07) is 4.15. The number of rotatable bonds is 2. The van der Waals surface area contributed by atoms with Crippen LogP contribution in [-0.4, -0.2) is 9.55 Å². The second-order valence-corrected chi connectivity index (χ2v) is 3.59. The average molecular weight is 173 g/mol. The largest absolute Gasteiger partial charge is 0.346 e. The van der Waals surface area contributed by atoms with Gasteiger partial charge in [0, 0.05) is 24.5 Å². The summed E-state index contributed by atoms with van der Waals surface area (Å²) in [6.45, 7) is 5.26. The van der Waals surface area contributed by atoms with E-state index in [9.17, 15) is 0 Å². The maximum Gasteiger partial charge on any atom is 0.0681 e. The molecule has 0 saturated carbocycles. The summed E-state index contributed by atoms with van der Waals surface area (Å²) >= 11 is 0. The van der Waals surface area contributed by atoms with Gasteiger partial charge >= 0.3 is 0 Å². The van der Waals surface area contributed by atoms with Crippen LogP contribution in [0.1, 0.15) is 13.8 Å². The lowest BCUT2D eigenvalue weighted by Crippen LogP contribution is -2.05. The van der Waals surface area contributed by atoms with E-state index in [0.717, 1.165) is 6.54 Å². The first kappa shape index (κ1) is 8.30. The molecule has 2 rings (SSSR count). The van der Waals surface area contributed by atoms with Gasteiger partial charge in [0.15, 0.2) is 0 Å². The summed E-state index contributed by atoms with van der Waals surface area (Å²) in [4.78, 5) is 4.14. The molecule has 0 aromatic heterocycles. The van der Waals surface area contributed by atoms with Crippen molar-refractivity contribution >= 4 is 0 Å². The fraction of sp³-hybridized carbons (Fsp3) is 0.273. The van der Waals surface area contributed by atoms with Crippen LogP contribution in [0.25, 0.3) is 11.3 Å². The first-order valence-electron chi connectivity index (χ1n) is 4.45. The van der Waals surface area contributed by atoms with Crippen molar-refractivity contribution in [3.05, 3.63) is 36.6 Å². The molecule has 0 bridgehead atoms. The van der Waals surface area contributed by atoms with Crippen molar-refractivity contribution in [2.24, 2.45) is 0 Å². The molecule has 0 atom stereocenters. The fourth-order valence-corrected chi connectivity index (χ4v) is 1.51. The molecule has 2 heteroatoms. The molecule has 0 aromatic rings. The molecule has 2 aliphatic heterocycles. The van der Waals surface area contributed by atoms with Gasteiger partial charge in [-0.05, 0) is 18.1 Å². The molecule has 0 aromatic carbocycles. The van der Waals surface area contributed by atoms with E-state index < -0.39 is 0 Å². The van der Waals surface area contributed by atoms with Crippen LogP contribution in [-0.2, 0) is 6.54 Å². The van der Waals surface area contributed by atoms with Crippen LogP contribution < -0.4 is 0 Å². The Morgan fingerprint density at radius 1 is 1.38 bits per heavy atom. The third kappa shape index (κ3) is 1.57. The summed E-state index contributed by atoms with van der Waals surface area (Å²) in [7, 11) is 0. The van der Waals surface area contributed by atoms with Crippen LogP contribution in [0, 0.1) is 5.92 Å². The van der Waals surface area contributed by atoms with E-state index in [1.165, 1.54) is 17.2 Å². The Labute approximate surface area is 78.6 Å². The molecule has 0 N–H and O–H groups in total. The highest BCUT2D eigenvalue weighted by molar-refractivity contribution is 5.59. The topological polar surface area (TPSA) is 17.8 Å². The molecule has 0 unspecified atom stereocenters. The van der Waals surface area contributed by atoms with Crippen molar-refractivity contribution in [3.8, 4) is 11.3 Å². The standard InChI is InChI=1S/C11H13N2/c1-9(2)8-13-5-3-4-10-6-12-7-11(10)13/h3-7H,8H2,1-2H3. The molecule has 67 valence electrons. The highest BCUT2D eigenvalue weighted by Gasteiger charge is 2.06. The highest BCUT2D eigenvalue weighted by atomic mass is 15.0. The van der Waals surface area contributed by atoms with Crippen molar-refractivity contribution in [3.63, 3.8) is 0 Å². The lowest BCUT2D eigenvalue weighted by atomic mass is 10.2. The zero-order valence-corrected chi connectivity index (χ0v) is 7.99. The van der Waals surface area contributed by atoms with Gasteiger partial charge in [-0.3, -0.25) is 4.98 Å². The first-order valence-corrected chi connectivity index (χ1v) is 4.45. The van der Waals surface area contributed by atoms with Crippen LogP contribution in [0.15, 0.2) is 30.7 Å². The Kier molecular flexibility index (Phi) is 2.05. The maximum atomic E-state index is 4.14. The van der Waals surface area contributed by atoms with E-state index in [1.807, 2.05) is 12.4 Å². The van der Waals surface area contributed by atoms with E-state index in [1.54, 1.807) is 0 Å². The predicted molar refractivity (Wildman–Crippen MR) is 53.4 cm³/mol. The number of nitrogens with zero attached hydrogens (tertiary/aromatic N) is 2. The molecular weight excluding hydrogens is 160 g/mol. The summed E-state index contributed by atoms with van der Waals surface area (Å²) < 4.78 is 2.22. The molecule has 0 amide bonds. The van der Waals surface area contributed by atoms with Crippen LogP contribution in [0.4, 0.5) is 0 Å². The summed E-state index contributed by atoms with van der Waals surface area (Å²) in [5.41, 5.74) is 2.42. The molecule has 2 aliphatic rings. The highest BCUT2D eigenvalue weighted by Crippen LogP contribution is 2.21. The predicted octanol–water partition coefficient (Wildman–Crippen LogP) is 2.60. The van der Waals surface area contributed by atoms with Gasteiger partial charge in [0.05, 0.1) is 11.9 Å². The van der Waals surface area contributed by atoms with Gasteiger partial charge in [0.1, 0.15) is 0 Å². The number of hydrogen-bond acceptors (Lipinski definition) is 1. The minimum atomic E-state index is 0.975. The minimum absolute atomic E-state index is 0.975. The van der Waals surface area contributed by atoms with Gasteiger partial charge in [-0.2, -0.15) is 0 Å². The fourth-order valence-electron chi connectivity index (χ4n) is 1.51. The van der Waals surface area contributed by atoms with Gasteiger partial charge in [-0.25, -0.2) is 0 Å². The quantitative estimate of drug-likeness (QED) is 0.682. The van der Waals surface area contributed by atoms with E-state index in [2.05, 4.69) is 41.7 Å². The van der Waals surface area contributed by atoms with Gasteiger partial charge < -0.3 is 4.57 Å². The van der Waals surface area contributed by atoms with Gasteiger partial charge in [0.2, 0.25) is 0 Å². The Bertz CT molecular complexity index is 362. The first-order chi connectivity index (χ1) is 6.27. The number of pyridine rings is 1. The van der Waals surface area contributed by atoms with Crippen LogP contribution in [0.2, 0.25) is 0 Å². The van der Waals surface area contributed by atoms with Crippen molar-refractivity contribution in [2.75, 3.05) is 0 Å². The smallest absolute Gasteiger partial charge is 0.0681 e. The second kappa shape index (κ2) is 3.21. The van der Waals surface area contributed by atoms with Gasteiger partial charge in [-0.15, -0.1) is 0 Å². The summed E-state index contributed by atoms with van der Waals surface area (Å²) in [6.07, 6.45) is 5.91. The van der Waals surface area contributed by atoms with Gasteiger partial charge in [0.25, 0.3) is 0 Å². The monoisotopic (exact) mass is 173 g/mol. The lowest BCUT2D eigenvalue weighted by Gasteiger charge is -2.13. The summed E-state index contributed by atoms with van der Waals surface area (Å²) in [5.74, 6) is 1.40. The average Bonchev–Trinajstić information content (AvgIpc) is 2.51. The number of aromatic nitrogens is 2. The van der Waals surface area contributed by atoms with Crippen LogP contribution in [0.3, 0.4) is 0 Å². The van der Waals surface area contributed by atoms with Crippen molar-refractivity contribution < 1.29 is 0 Å². The zero-order valence-electron chi connectivity index (χ0n) is 7.99. The Balaban J connectivity index is 2.40. The lowest BCUT2D eigenvalue weighted by molar-refractivity contribution is 0.714. The van der Waals surface area contributed by atoms with E-state index in [0.29, 0.717) is 0 Å². The Morgan fingerprint density at radius 2 is 2.23 bits per heavy atom. The SMILES string of the molecule is C[C](C)Cn1cccc2cncc1-2. The minimum Gasteiger partial charge on any atom is -0.346 e. The van der Waals surface area contributed by atoms with Crippen molar-refractivity contribution in [1.29, 1.82) is 0 Å². The maximum absolute atomic E-state index is 4.14. The summed E-state index contributed by atoms with van der Waals surface area (Å²) in [5, 5.41) is 0.